The lowest BCUT2D eigenvalue weighted by Crippen LogP contribution is -2.23. The first-order valence-corrected chi connectivity index (χ1v) is 6.08. The fourth-order valence-corrected chi connectivity index (χ4v) is 1.32. The lowest BCUT2D eigenvalue weighted by molar-refractivity contribution is 0.00691. The summed E-state index contributed by atoms with van der Waals surface area (Å²) in [7, 11) is 0. The smallest absolute Gasteiger partial charge is 0.338 e. The van der Waals surface area contributed by atoms with Crippen molar-refractivity contribution in [3.05, 3.63) is 29.8 Å². The summed E-state index contributed by atoms with van der Waals surface area (Å²) < 4.78 is 10.8. The molecule has 0 aliphatic heterocycles. The molecule has 0 saturated heterocycles. The molecule has 0 bridgehead atoms. The molecule has 0 aromatic heterocycles. The van der Waals surface area contributed by atoms with Gasteiger partial charge in [-0.1, -0.05) is 6.07 Å². The molecule has 1 aromatic carbocycles. The van der Waals surface area contributed by atoms with E-state index in [9.17, 15) is 4.79 Å². The number of ether oxygens (including phenoxy) is 2. The molecule has 2 N–H and O–H groups in total. The fourth-order valence-electron chi connectivity index (χ4n) is 1.32. The Labute approximate surface area is 108 Å². The predicted molar refractivity (Wildman–Crippen MR) is 70.8 cm³/mol. The monoisotopic (exact) mass is 251 g/mol. The third kappa shape index (κ3) is 5.19. The van der Waals surface area contributed by atoms with Crippen LogP contribution in [0.2, 0.25) is 0 Å². The molecular formula is C14H21NO3. The molecule has 0 heterocycles. The van der Waals surface area contributed by atoms with Crippen molar-refractivity contribution in [3.8, 4) is 5.75 Å². The van der Waals surface area contributed by atoms with E-state index in [1.807, 2.05) is 26.8 Å². The fraction of sp³-hybridized carbons (Fsp3) is 0.500. The van der Waals surface area contributed by atoms with E-state index in [2.05, 4.69) is 0 Å². The van der Waals surface area contributed by atoms with Crippen LogP contribution in [0.3, 0.4) is 0 Å². The minimum atomic E-state index is -0.493. The molecule has 0 aliphatic carbocycles. The summed E-state index contributed by atoms with van der Waals surface area (Å²) >= 11 is 0. The average Bonchev–Trinajstić information content (AvgIpc) is 2.27. The summed E-state index contributed by atoms with van der Waals surface area (Å²) in [5, 5.41) is 0. The van der Waals surface area contributed by atoms with Gasteiger partial charge in [0.2, 0.25) is 0 Å². The molecule has 0 atom stereocenters. The first-order valence-electron chi connectivity index (χ1n) is 6.08. The molecular weight excluding hydrogens is 230 g/mol. The Balaban J connectivity index is 2.66. The summed E-state index contributed by atoms with van der Waals surface area (Å²) in [4.78, 5) is 11.8. The van der Waals surface area contributed by atoms with Crippen LogP contribution in [0, 0.1) is 0 Å². The third-order valence-corrected chi connectivity index (χ3v) is 2.09. The molecule has 1 rings (SSSR count). The average molecular weight is 251 g/mol. The standard InChI is InChI=1S/C14H21NO3/c1-14(2,3)18-13(16)11-6-4-7-12(10-11)17-9-5-8-15/h4,6-7,10H,5,8-9,15H2,1-3H3. The highest BCUT2D eigenvalue weighted by molar-refractivity contribution is 5.90. The lowest BCUT2D eigenvalue weighted by atomic mass is 10.1. The van der Waals surface area contributed by atoms with Gasteiger partial charge >= 0.3 is 5.97 Å². The van der Waals surface area contributed by atoms with Crippen LogP contribution in [0.15, 0.2) is 24.3 Å². The van der Waals surface area contributed by atoms with Gasteiger partial charge in [-0.15, -0.1) is 0 Å². The van der Waals surface area contributed by atoms with Crippen molar-refractivity contribution >= 4 is 5.97 Å². The van der Waals surface area contributed by atoms with Gasteiger partial charge in [-0.05, 0) is 51.9 Å². The highest BCUT2D eigenvalue weighted by atomic mass is 16.6. The van der Waals surface area contributed by atoms with Gasteiger partial charge < -0.3 is 15.2 Å². The zero-order chi connectivity index (χ0) is 13.6. The van der Waals surface area contributed by atoms with Crippen molar-refractivity contribution in [2.75, 3.05) is 13.2 Å². The zero-order valence-corrected chi connectivity index (χ0v) is 11.2. The Morgan fingerprint density at radius 2 is 2.06 bits per heavy atom. The van der Waals surface area contributed by atoms with Crippen LogP contribution in [0.25, 0.3) is 0 Å². The number of carbonyl (C=O) groups is 1. The zero-order valence-electron chi connectivity index (χ0n) is 11.2. The van der Waals surface area contributed by atoms with Crippen molar-refractivity contribution in [2.45, 2.75) is 32.8 Å². The number of esters is 1. The Kier molecular flexibility index (Phi) is 5.16. The maximum Gasteiger partial charge on any atom is 0.338 e. The topological polar surface area (TPSA) is 61.5 Å². The van der Waals surface area contributed by atoms with Gasteiger partial charge in [0, 0.05) is 0 Å². The minimum Gasteiger partial charge on any atom is -0.494 e. The number of rotatable bonds is 5. The number of nitrogens with two attached hydrogens (primary N) is 1. The van der Waals surface area contributed by atoms with Crippen molar-refractivity contribution in [2.24, 2.45) is 5.73 Å². The molecule has 0 fully saturated rings. The van der Waals surface area contributed by atoms with E-state index in [-0.39, 0.29) is 5.97 Å². The van der Waals surface area contributed by atoms with E-state index in [0.717, 1.165) is 6.42 Å². The second kappa shape index (κ2) is 6.40. The lowest BCUT2D eigenvalue weighted by Gasteiger charge is -2.19. The van der Waals surface area contributed by atoms with E-state index in [1.165, 1.54) is 0 Å². The highest BCUT2D eigenvalue weighted by Gasteiger charge is 2.18. The van der Waals surface area contributed by atoms with Crippen LogP contribution < -0.4 is 10.5 Å². The van der Waals surface area contributed by atoms with Gasteiger partial charge in [0.1, 0.15) is 11.4 Å². The molecule has 0 radical (unpaired) electrons. The van der Waals surface area contributed by atoms with Crippen LogP contribution in [-0.4, -0.2) is 24.7 Å². The second-order valence-corrected chi connectivity index (χ2v) is 5.02. The molecule has 0 saturated carbocycles. The van der Waals surface area contributed by atoms with Crippen molar-refractivity contribution in [3.63, 3.8) is 0 Å². The molecule has 4 heteroatoms. The molecule has 0 aliphatic rings. The third-order valence-electron chi connectivity index (χ3n) is 2.09. The summed E-state index contributed by atoms with van der Waals surface area (Å²) in [6, 6.07) is 6.98. The molecule has 0 spiro atoms. The van der Waals surface area contributed by atoms with Crippen LogP contribution >= 0.6 is 0 Å². The summed E-state index contributed by atoms with van der Waals surface area (Å²) in [6.45, 7) is 6.66. The summed E-state index contributed by atoms with van der Waals surface area (Å²) in [5.41, 5.74) is 5.39. The summed E-state index contributed by atoms with van der Waals surface area (Å²) in [5.74, 6) is 0.318. The molecule has 18 heavy (non-hydrogen) atoms. The number of carbonyl (C=O) groups excluding carboxylic acids is 1. The number of hydrogen-bond donors (Lipinski definition) is 1. The Hall–Kier alpha value is -1.55. The van der Waals surface area contributed by atoms with E-state index < -0.39 is 5.60 Å². The summed E-state index contributed by atoms with van der Waals surface area (Å²) in [6.07, 6.45) is 0.788. The van der Waals surface area contributed by atoms with E-state index in [4.69, 9.17) is 15.2 Å². The quantitative estimate of drug-likeness (QED) is 0.644. The van der Waals surface area contributed by atoms with Crippen molar-refractivity contribution in [1.82, 2.24) is 0 Å². The maximum atomic E-state index is 11.8. The minimum absolute atomic E-state index is 0.341. The van der Waals surface area contributed by atoms with Crippen molar-refractivity contribution < 1.29 is 14.3 Å². The maximum absolute atomic E-state index is 11.8. The van der Waals surface area contributed by atoms with Crippen LogP contribution in [0.5, 0.6) is 5.75 Å². The number of hydrogen-bond acceptors (Lipinski definition) is 4. The predicted octanol–water partition coefficient (Wildman–Crippen LogP) is 2.37. The van der Waals surface area contributed by atoms with Gasteiger partial charge in [-0.25, -0.2) is 4.79 Å². The molecule has 1 aromatic rings. The Morgan fingerprint density at radius 3 is 2.67 bits per heavy atom. The van der Waals surface area contributed by atoms with Gasteiger partial charge in [0.05, 0.1) is 12.2 Å². The SMILES string of the molecule is CC(C)(C)OC(=O)c1cccc(OCCCN)c1. The van der Waals surface area contributed by atoms with Crippen LogP contribution in [0.4, 0.5) is 0 Å². The Morgan fingerprint density at radius 1 is 1.33 bits per heavy atom. The van der Waals surface area contributed by atoms with Gasteiger partial charge in [-0.2, -0.15) is 0 Å². The van der Waals surface area contributed by atoms with Gasteiger partial charge in [0.25, 0.3) is 0 Å². The molecule has 4 nitrogen and oxygen atoms in total. The largest absolute Gasteiger partial charge is 0.494 e. The van der Waals surface area contributed by atoms with E-state index in [1.54, 1.807) is 18.2 Å². The highest BCUT2D eigenvalue weighted by Crippen LogP contribution is 2.17. The molecule has 0 unspecified atom stereocenters. The normalized spacial score (nSPS) is 11.1. The molecule has 100 valence electrons. The van der Waals surface area contributed by atoms with Crippen LogP contribution in [0.1, 0.15) is 37.6 Å². The first kappa shape index (κ1) is 14.5. The van der Waals surface area contributed by atoms with E-state index >= 15 is 0 Å². The molecule has 0 amide bonds. The first-order chi connectivity index (χ1) is 8.42. The van der Waals surface area contributed by atoms with E-state index in [0.29, 0.717) is 24.5 Å². The van der Waals surface area contributed by atoms with Crippen LogP contribution in [-0.2, 0) is 4.74 Å². The van der Waals surface area contributed by atoms with Crippen molar-refractivity contribution in [1.29, 1.82) is 0 Å². The second-order valence-electron chi connectivity index (χ2n) is 5.02. The van der Waals surface area contributed by atoms with Gasteiger partial charge in [0.15, 0.2) is 0 Å². The number of benzene rings is 1. The van der Waals surface area contributed by atoms with Gasteiger partial charge in [-0.3, -0.25) is 0 Å². The Bertz CT molecular complexity index is 396.